The number of carbonyl (C=O) groups excluding carboxylic acids is 1. The number of imidazole rings is 1. The average Bonchev–Trinajstić information content (AvgIpc) is 3.07. The highest BCUT2D eigenvalue weighted by Crippen LogP contribution is 2.22. The molecule has 0 saturated heterocycles. The lowest BCUT2D eigenvalue weighted by molar-refractivity contribution is -0.121. The monoisotopic (exact) mass is 450 g/mol. The van der Waals surface area contributed by atoms with Gasteiger partial charge in [0.05, 0.1) is 22.0 Å². The van der Waals surface area contributed by atoms with Crippen LogP contribution in [0.5, 0.6) is 0 Å². The second-order valence-corrected chi connectivity index (χ2v) is 10.5. The van der Waals surface area contributed by atoms with Crippen molar-refractivity contribution in [3.8, 4) is 0 Å². The summed E-state index contributed by atoms with van der Waals surface area (Å²) in [4.78, 5) is 17.0. The molecule has 1 aliphatic carbocycles. The second kappa shape index (κ2) is 10.6. The fourth-order valence-electron chi connectivity index (χ4n) is 3.92. The van der Waals surface area contributed by atoms with E-state index in [1.807, 2.05) is 11.6 Å². The third-order valence-electron chi connectivity index (χ3n) is 5.85. The Bertz CT molecular complexity index is 994. The first-order chi connectivity index (χ1) is 14.8. The lowest BCUT2D eigenvalue weighted by Crippen LogP contribution is -2.26. The van der Waals surface area contributed by atoms with Crippen molar-refractivity contribution in [3.05, 3.63) is 24.0 Å². The fourth-order valence-corrected chi connectivity index (χ4v) is 4.84. The highest BCUT2D eigenvalue weighted by molar-refractivity contribution is 7.89. The van der Waals surface area contributed by atoms with Crippen LogP contribution in [0.3, 0.4) is 0 Å². The molecular formula is C22H34N4O4S. The number of hydrogen-bond acceptors (Lipinski definition) is 5. The van der Waals surface area contributed by atoms with Crippen LogP contribution in [0.2, 0.25) is 0 Å². The second-order valence-electron chi connectivity index (χ2n) is 8.36. The summed E-state index contributed by atoms with van der Waals surface area (Å²) in [6.07, 6.45) is 8.20. The number of aromatic nitrogens is 2. The van der Waals surface area contributed by atoms with Crippen LogP contribution in [0.1, 0.15) is 50.8 Å². The van der Waals surface area contributed by atoms with Crippen molar-refractivity contribution < 1.29 is 17.9 Å². The maximum absolute atomic E-state index is 12.3. The molecule has 172 valence electrons. The molecule has 31 heavy (non-hydrogen) atoms. The van der Waals surface area contributed by atoms with E-state index >= 15 is 0 Å². The summed E-state index contributed by atoms with van der Waals surface area (Å²) in [5.74, 6) is 0.741. The molecule has 0 spiro atoms. The molecule has 9 heteroatoms. The van der Waals surface area contributed by atoms with Crippen molar-refractivity contribution in [3.63, 3.8) is 0 Å². The first-order valence-electron chi connectivity index (χ1n) is 11.0. The molecule has 1 heterocycles. The Morgan fingerprint density at radius 1 is 1.26 bits per heavy atom. The number of fused-ring (bicyclic) bond motifs is 1. The molecule has 1 aliphatic rings. The zero-order valence-corrected chi connectivity index (χ0v) is 19.6. The van der Waals surface area contributed by atoms with Crippen LogP contribution < -0.4 is 5.32 Å². The molecule has 3 rings (SSSR count). The molecule has 0 aliphatic heterocycles. The minimum absolute atomic E-state index is 0.0133. The van der Waals surface area contributed by atoms with Crippen LogP contribution in [0.15, 0.2) is 23.1 Å². The first-order valence-corrected chi connectivity index (χ1v) is 12.5. The molecular weight excluding hydrogens is 416 g/mol. The molecule has 1 aromatic heterocycles. The Labute approximate surface area is 185 Å². The van der Waals surface area contributed by atoms with Crippen LogP contribution >= 0.6 is 0 Å². The first kappa shape index (κ1) is 23.7. The van der Waals surface area contributed by atoms with E-state index in [0.29, 0.717) is 37.6 Å². The molecule has 1 aromatic carbocycles. The van der Waals surface area contributed by atoms with E-state index in [4.69, 9.17) is 4.74 Å². The van der Waals surface area contributed by atoms with Crippen molar-refractivity contribution in [2.75, 3.05) is 27.2 Å². The maximum Gasteiger partial charge on any atom is 0.242 e. The zero-order valence-electron chi connectivity index (χ0n) is 18.8. The number of rotatable bonds is 10. The number of ether oxygens (including phenoxy) is 1. The number of benzene rings is 1. The summed E-state index contributed by atoms with van der Waals surface area (Å²) in [5.41, 5.74) is 1.45. The van der Waals surface area contributed by atoms with Gasteiger partial charge in [0.25, 0.3) is 0 Å². The topological polar surface area (TPSA) is 93.5 Å². The molecule has 2 aromatic rings. The van der Waals surface area contributed by atoms with Gasteiger partial charge < -0.3 is 14.6 Å². The van der Waals surface area contributed by atoms with Crippen molar-refractivity contribution in [1.82, 2.24) is 19.2 Å². The largest absolute Gasteiger partial charge is 0.378 e. The number of amides is 1. The number of carbonyl (C=O) groups is 1. The van der Waals surface area contributed by atoms with Gasteiger partial charge >= 0.3 is 0 Å². The number of nitrogens with zero attached hydrogens (tertiary/aromatic N) is 3. The summed E-state index contributed by atoms with van der Waals surface area (Å²) in [6.45, 7) is 1.30. The molecule has 0 unspecified atom stereocenters. The summed E-state index contributed by atoms with van der Waals surface area (Å²) in [6, 6.07) is 4.93. The Balaban J connectivity index is 1.47. The molecule has 8 nitrogen and oxygen atoms in total. The lowest BCUT2D eigenvalue weighted by atomic mass is 9.98. The van der Waals surface area contributed by atoms with Gasteiger partial charge in [-0.2, -0.15) is 0 Å². The number of aryl methyl sites for hydroxylation is 2. The lowest BCUT2D eigenvalue weighted by Gasteiger charge is -2.21. The van der Waals surface area contributed by atoms with Gasteiger partial charge in [-0.15, -0.1) is 0 Å². The van der Waals surface area contributed by atoms with Gasteiger partial charge in [0.2, 0.25) is 15.9 Å². The normalized spacial score (nSPS) is 15.6. The maximum atomic E-state index is 12.3. The van der Waals surface area contributed by atoms with Gasteiger partial charge in [0.15, 0.2) is 0 Å². The zero-order chi connectivity index (χ0) is 22.4. The molecule has 1 N–H and O–H groups in total. The highest BCUT2D eigenvalue weighted by atomic mass is 32.2. The van der Waals surface area contributed by atoms with Crippen LogP contribution in [0.4, 0.5) is 0 Å². The summed E-state index contributed by atoms with van der Waals surface area (Å²) in [5, 5.41) is 2.94. The number of nitrogens with one attached hydrogen (secondary N) is 1. The quantitative estimate of drug-likeness (QED) is 0.562. The Kier molecular flexibility index (Phi) is 8.07. The summed E-state index contributed by atoms with van der Waals surface area (Å²) >= 11 is 0. The van der Waals surface area contributed by atoms with E-state index in [9.17, 15) is 13.2 Å². The highest BCUT2D eigenvalue weighted by Gasteiger charge is 2.19. The molecule has 1 amide bonds. The van der Waals surface area contributed by atoms with Gasteiger partial charge in [-0.25, -0.2) is 17.7 Å². The average molecular weight is 451 g/mol. The van der Waals surface area contributed by atoms with Crippen molar-refractivity contribution >= 4 is 27.0 Å². The third-order valence-corrected chi connectivity index (χ3v) is 7.66. The minimum Gasteiger partial charge on any atom is -0.378 e. The molecule has 0 radical (unpaired) electrons. The minimum atomic E-state index is -3.51. The van der Waals surface area contributed by atoms with E-state index in [1.54, 1.807) is 18.2 Å². The van der Waals surface area contributed by atoms with Crippen LogP contribution in [0, 0.1) is 0 Å². The molecule has 1 fully saturated rings. The number of sulfonamides is 1. The molecule has 0 bridgehead atoms. The van der Waals surface area contributed by atoms with Crippen molar-refractivity contribution in [2.45, 2.75) is 62.4 Å². The van der Waals surface area contributed by atoms with Crippen LogP contribution in [0.25, 0.3) is 11.0 Å². The molecule has 1 saturated carbocycles. The van der Waals surface area contributed by atoms with E-state index in [2.05, 4.69) is 10.3 Å². The van der Waals surface area contributed by atoms with Crippen molar-refractivity contribution in [1.29, 1.82) is 0 Å². The predicted octanol–water partition coefficient (Wildman–Crippen LogP) is 2.61. The van der Waals surface area contributed by atoms with Gasteiger partial charge in [-0.05, 0) is 37.5 Å². The molecule has 0 atom stereocenters. The van der Waals surface area contributed by atoms with Gasteiger partial charge in [-0.3, -0.25) is 4.79 Å². The van der Waals surface area contributed by atoms with Gasteiger partial charge in [0, 0.05) is 47.1 Å². The summed E-state index contributed by atoms with van der Waals surface area (Å²) in [7, 11) is 1.38. The fraction of sp³-hybridized carbons (Fsp3) is 0.636. The Morgan fingerprint density at radius 2 is 2.00 bits per heavy atom. The smallest absolute Gasteiger partial charge is 0.242 e. The van der Waals surface area contributed by atoms with E-state index < -0.39 is 10.0 Å². The van der Waals surface area contributed by atoms with Gasteiger partial charge in [-0.1, -0.05) is 19.3 Å². The SMILES string of the molecule is CN(C)S(=O)(=O)c1ccc2c(c1)nc(CCC(=O)NCCCOC1CCCCC1)n2C. The Morgan fingerprint density at radius 3 is 2.71 bits per heavy atom. The number of hydrogen-bond donors (Lipinski definition) is 1. The van der Waals surface area contributed by atoms with Crippen LogP contribution in [-0.2, 0) is 33.0 Å². The van der Waals surface area contributed by atoms with E-state index in [1.165, 1.54) is 37.7 Å². The van der Waals surface area contributed by atoms with Gasteiger partial charge in [0.1, 0.15) is 5.82 Å². The van der Waals surface area contributed by atoms with Crippen LogP contribution in [-0.4, -0.2) is 61.5 Å². The predicted molar refractivity (Wildman–Crippen MR) is 120 cm³/mol. The Hall–Kier alpha value is -1.97. The summed E-state index contributed by atoms with van der Waals surface area (Å²) < 4.78 is 33.7. The third kappa shape index (κ3) is 6.05. The van der Waals surface area contributed by atoms with Crippen molar-refractivity contribution in [2.24, 2.45) is 7.05 Å². The van der Waals surface area contributed by atoms with E-state index in [-0.39, 0.29) is 10.8 Å². The van der Waals surface area contributed by atoms with E-state index in [0.717, 1.165) is 30.6 Å². The standard InChI is InChI=1S/C22H34N4O4S/c1-25(2)31(28,29)18-10-11-20-19(16-18)24-21(26(20)3)12-13-22(27)23-14-7-15-30-17-8-5-4-6-9-17/h10-11,16-17H,4-9,12-15H2,1-3H3,(H,23,27).